The number of halogens is 4. The maximum absolute atomic E-state index is 11.6. The van der Waals surface area contributed by atoms with Crippen molar-refractivity contribution < 1.29 is 13.2 Å². The van der Waals surface area contributed by atoms with Crippen molar-refractivity contribution in [2.24, 2.45) is 0 Å². The fourth-order valence-corrected chi connectivity index (χ4v) is 1.91. The van der Waals surface area contributed by atoms with Crippen LogP contribution in [-0.2, 0) is 0 Å². The zero-order chi connectivity index (χ0) is 8.41. The van der Waals surface area contributed by atoms with Gasteiger partial charge in [-0.2, -0.15) is 13.2 Å². The molecule has 0 amide bonds. The van der Waals surface area contributed by atoms with Gasteiger partial charge in [0.25, 0.3) is 0 Å². The molecule has 0 N–H and O–H groups in total. The number of alkyl halides is 3. The Hall–Kier alpha value is 0.487. The molecule has 0 aromatic rings. The van der Waals surface area contributed by atoms with E-state index in [1.807, 2.05) is 13.1 Å². The van der Waals surface area contributed by atoms with Crippen molar-refractivity contribution in [3.05, 3.63) is 0 Å². The standard InChI is InChI=1S/C5H10BrF3Si/c1-10(2,6)4-3-5(7,8)9/h3-4H2,1-2H3. The van der Waals surface area contributed by atoms with E-state index in [1.54, 1.807) is 0 Å². The van der Waals surface area contributed by atoms with Crippen LogP contribution in [0.3, 0.4) is 0 Å². The van der Waals surface area contributed by atoms with Gasteiger partial charge in [-0.05, 0) is 6.04 Å². The first-order chi connectivity index (χ1) is 4.21. The average Bonchev–Trinajstić information content (AvgIpc) is 1.57. The van der Waals surface area contributed by atoms with Crippen molar-refractivity contribution in [3.8, 4) is 0 Å². The first-order valence-electron chi connectivity index (χ1n) is 2.96. The molecule has 0 atom stereocenters. The number of hydrogen-bond donors (Lipinski definition) is 0. The van der Waals surface area contributed by atoms with E-state index in [1.165, 1.54) is 0 Å². The Morgan fingerprint density at radius 2 is 1.70 bits per heavy atom. The van der Waals surface area contributed by atoms with E-state index < -0.39 is 19.3 Å². The van der Waals surface area contributed by atoms with Crippen molar-refractivity contribution in [2.75, 3.05) is 0 Å². The van der Waals surface area contributed by atoms with E-state index in [0.717, 1.165) is 0 Å². The van der Waals surface area contributed by atoms with Gasteiger partial charge in [0.05, 0.1) is 0 Å². The molecule has 62 valence electrons. The lowest BCUT2D eigenvalue weighted by atomic mass is 10.5. The second kappa shape index (κ2) is 3.26. The van der Waals surface area contributed by atoms with E-state index in [0.29, 0.717) is 0 Å². The number of rotatable bonds is 2. The third-order valence-electron chi connectivity index (χ3n) is 1.00. The number of hydrogen-bond acceptors (Lipinski definition) is 0. The average molecular weight is 235 g/mol. The highest BCUT2D eigenvalue weighted by Gasteiger charge is 2.30. The maximum Gasteiger partial charge on any atom is 0.388 e. The zero-order valence-corrected chi connectivity index (χ0v) is 8.51. The monoisotopic (exact) mass is 234 g/mol. The van der Waals surface area contributed by atoms with Crippen LogP contribution >= 0.6 is 15.3 Å². The van der Waals surface area contributed by atoms with Crippen LogP contribution in [0.5, 0.6) is 0 Å². The highest BCUT2D eigenvalue weighted by Crippen LogP contribution is 2.28. The van der Waals surface area contributed by atoms with Crippen LogP contribution in [0.2, 0.25) is 19.1 Å². The van der Waals surface area contributed by atoms with Crippen LogP contribution in [0.4, 0.5) is 13.2 Å². The van der Waals surface area contributed by atoms with E-state index in [2.05, 4.69) is 15.3 Å². The van der Waals surface area contributed by atoms with Crippen molar-refractivity contribution in [2.45, 2.75) is 31.7 Å². The molecule has 0 aromatic heterocycles. The molecule has 0 aliphatic rings. The molecule has 0 spiro atoms. The molecule has 0 nitrogen and oxygen atoms in total. The smallest absolute Gasteiger partial charge is 0.171 e. The van der Waals surface area contributed by atoms with Gasteiger partial charge in [0.15, 0.2) is 0 Å². The third kappa shape index (κ3) is 8.49. The van der Waals surface area contributed by atoms with Crippen molar-refractivity contribution in [1.82, 2.24) is 0 Å². The van der Waals surface area contributed by atoms with Crippen LogP contribution < -0.4 is 0 Å². The predicted molar refractivity (Wildman–Crippen MR) is 41.9 cm³/mol. The summed E-state index contributed by atoms with van der Waals surface area (Å²) in [4.78, 5) is 0. The van der Waals surface area contributed by atoms with E-state index in [9.17, 15) is 13.2 Å². The van der Waals surface area contributed by atoms with Crippen LogP contribution in [0.25, 0.3) is 0 Å². The van der Waals surface area contributed by atoms with Gasteiger partial charge in [0, 0.05) is 6.42 Å². The Morgan fingerprint density at radius 1 is 1.30 bits per heavy atom. The van der Waals surface area contributed by atoms with Gasteiger partial charge >= 0.3 is 6.18 Å². The minimum atomic E-state index is -3.99. The highest BCUT2D eigenvalue weighted by atomic mass is 79.9. The van der Waals surface area contributed by atoms with Crippen LogP contribution in [-0.4, -0.2) is 12.9 Å². The summed E-state index contributed by atoms with van der Waals surface area (Å²) >= 11 is 3.27. The second-order valence-electron chi connectivity index (χ2n) is 2.83. The van der Waals surface area contributed by atoms with E-state index in [4.69, 9.17) is 0 Å². The Kier molecular flexibility index (Phi) is 3.41. The quantitative estimate of drug-likeness (QED) is 0.507. The second-order valence-corrected chi connectivity index (χ2v) is 13.2. The van der Waals surface area contributed by atoms with Crippen molar-refractivity contribution >= 4 is 22.0 Å². The fourth-order valence-electron chi connectivity index (χ4n) is 0.439. The molecule has 0 fully saturated rings. The van der Waals surface area contributed by atoms with Gasteiger partial charge in [0.1, 0.15) is 6.69 Å². The molecule has 0 bridgehead atoms. The molecular weight excluding hydrogens is 225 g/mol. The van der Waals surface area contributed by atoms with E-state index >= 15 is 0 Å². The van der Waals surface area contributed by atoms with Crippen molar-refractivity contribution in [3.63, 3.8) is 0 Å². The summed E-state index contributed by atoms with van der Waals surface area (Å²) in [5.41, 5.74) is 0. The lowest BCUT2D eigenvalue weighted by molar-refractivity contribution is -0.130. The molecule has 0 saturated heterocycles. The summed E-state index contributed by atoms with van der Waals surface area (Å²) in [5, 5.41) is 0. The van der Waals surface area contributed by atoms with Crippen LogP contribution in [0.15, 0.2) is 0 Å². The van der Waals surface area contributed by atoms with Gasteiger partial charge < -0.3 is 0 Å². The highest BCUT2D eigenvalue weighted by molar-refractivity contribution is 9.26. The first kappa shape index (κ1) is 10.5. The Morgan fingerprint density at radius 3 is 1.80 bits per heavy atom. The largest absolute Gasteiger partial charge is 0.388 e. The molecule has 5 heteroatoms. The Bertz CT molecular complexity index is 90.4. The normalized spacial score (nSPS) is 13.8. The molecular formula is C5H10BrF3Si. The first-order valence-corrected chi connectivity index (χ1v) is 8.43. The summed E-state index contributed by atoms with van der Waals surface area (Å²) in [7, 11) is 0. The molecule has 0 aliphatic carbocycles. The summed E-state index contributed by atoms with van der Waals surface area (Å²) in [5.74, 6) is 0. The van der Waals surface area contributed by atoms with E-state index in [-0.39, 0.29) is 6.04 Å². The molecule has 0 saturated carbocycles. The summed E-state index contributed by atoms with van der Waals surface area (Å²) < 4.78 is 34.8. The molecule has 0 rings (SSSR count). The third-order valence-corrected chi connectivity index (χ3v) is 3.63. The lowest BCUT2D eigenvalue weighted by Crippen LogP contribution is -2.19. The Balaban J connectivity index is 3.56. The summed E-state index contributed by atoms with van der Waals surface area (Å²) in [6, 6.07) is 0.260. The van der Waals surface area contributed by atoms with Gasteiger partial charge in [-0.25, -0.2) is 0 Å². The molecule has 0 aromatic carbocycles. The van der Waals surface area contributed by atoms with Crippen LogP contribution in [0, 0.1) is 0 Å². The summed E-state index contributed by atoms with van der Waals surface area (Å²) in [6.07, 6.45) is -4.64. The minimum Gasteiger partial charge on any atom is -0.171 e. The molecule has 0 unspecified atom stereocenters. The van der Waals surface area contributed by atoms with Crippen LogP contribution in [0.1, 0.15) is 6.42 Å². The van der Waals surface area contributed by atoms with Gasteiger partial charge in [-0.3, -0.25) is 0 Å². The lowest BCUT2D eigenvalue weighted by Gasteiger charge is -2.14. The Labute approximate surface area is 67.4 Å². The fraction of sp³-hybridized carbons (Fsp3) is 1.00. The minimum absolute atomic E-state index is 0.260. The summed E-state index contributed by atoms with van der Waals surface area (Å²) in [6.45, 7) is 2.05. The van der Waals surface area contributed by atoms with Crippen molar-refractivity contribution in [1.29, 1.82) is 0 Å². The molecule has 0 heterocycles. The SMILES string of the molecule is C[Si](C)(Br)CCC(F)(F)F. The molecule has 0 radical (unpaired) electrons. The zero-order valence-electron chi connectivity index (χ0n) is 5.93. The van der Waals surface area contributed by atoms with Gasteiger partial charge in [-0.15, -0.1) is 15.3 Å². The predicted octanol–water partition coefficient (Wildman–Crippen LogP) is 3.54. The maximum atomic E-state index is 11.6. The molecule has 10 heavy (non-hydrogen) atoms. The van der Waals surface area contributed by atoms with Gasteiger partial charge in [0.2, 0.25) is 0 Å². The topological polar surface area (TPSA) is 0 Å². The molecule has 0 aliphatic heterocycles. The van der Waals surface area contributed by atoms with Gasteiger partial charge in [-0.1, -0.05) is 13.1 Å².